The van der Waals surface area contributed by atoms with E-state index in [1.807, 2.05) is 0 Å². The number of nitrogens with two attached hydrogens (primary N) is 1. The van der Waals surface area contributed by atoms with Crippen LogP contribution in [0.2, 0.25) is 0 Å². The molecule has 1 aromatic rings. The lowest BCUT2D eigenvalue weighted by Gasteiger charge is -2.30. The van der Waals surface area contributed by atoms with Crippen molar-refractivity contribution in [3.63, 3.8) is 0 Å². The van der Waals surface area contributed by atoms with E-state index in [2.05, 4.69) is 78.8 Å². The van der Waals surface area contributed by atoms with Crippen molar-refractivity contribution in [2.45, 2.75) is 106 Å². The van der Waals surface area contributed by atoms with Gasteiger partial charge in [0.05, 0.1) is 11.9 Å². The van der Waals surface area contributed by atoms with Crippen molar-refractivity contribution in [2.24, 2.45) is 27.5 Å². The Hall–Kier alpha value is -1.31. The van der Waals surface area contributed by atoms with Crippen LogP contribution in [0.15, 0.2) is 35.3 Å². The smallest absolute Gasteiger partial charge is 0.0997 e. The van der Waals surface area contributed by atoms with Crippen molar-refractivity contribution >= 4 is 5.84 Å². The van der Waals surface area contributed by atoms with Gasteiger partial charge in [0, 0.05) is 5.41 Å². The zero-order valence-electron chi connectivity index (χ0n) is 19.7. The molecule has 0 saturated heterocycles. The van der Waals surface area contributed by atoms with E-state index in [0.717, 1.165) is 37.4 Å². The third-order valence-corrected chi connectivity index (χ3v) is 6.04. The Balaban J connectivity index is 2.89. The molecule has 28 heavy (non-hydrogen) atoms. The third-order valence-electron chi connectivity index (χ3n) is 6.04. The lowest BCUT2D eigenvalue weighted by Crippen LogP contribution is -2.34. The lowest BCUT2D eigenvalue weighted by molar-refractivity contribution is 0.237. The van der Waals surface area contributed by atoms with Gasteiger partial charge in [-0.3, -0.25) is 4.99 Å². The summed E-state index contributed by atoms with van der Waals surface area (Å²) in [5.74, 6) is 1.62. The van der Waals surface area contributed by atoms with Crippen molar-refractivity contribution < 1.29 is 0 Å². The van der Waals surface area contributed by atoms with Crippen molar-refractivity contribution in [1.82, 2.24) is 0 Å². The van der Waals surface area contributed by atoms with Crippen LogP contribution in [0.25, 0.3) is 0 Å². The summed E-state index contributed by atoms with van der Waals surface area (Å²) < 4.78 is 0. The molecule has 0 heterocycles. The molecule has 2 atom stereocenters. The maximum absolute atomic E-state index is 6.50. The minimum atomic E-state index is -0.0190. The van der Waals surface area contributed by atoms with Crippen LogP contribution < -0.4 is 5.73 Å². The summed E-state index contributed by atoms with van der Waals surface area (Å²) in [6.45, 7) is 16.2. The van der Waals surface area contributed by atoms with E-state index in [4.69, 9.17) is 10.7 Å². The number of aliphatic imine (C=N–C) groups is 1. The zero-order valence-corrected chi connectivity index (χ0v) is 19.7. The number of hydrogen-bond donors (Lipinski definition) is 1. The summed E-state index contributed by atoms with van der Waals surface area (Å²) >= 11 is 0. The first kappa shape index (κ1) is 24.7. The Morgan fingerprint density at radius 1 is 0.964 bits per heavy atom. The second kappa shape index (κ2) is 11.6. The number of nitrogens with zero attached hydrogens (tertiary/aromatic N) is 1. The molecule has 0 aliphatic rings. The summed E-state index contributed by atoms with van der Waals surface area (Å²) in [6, 6.07) is 11.0. The fraction of sp³-hybridized carbons (Fsp3) is 0.731. The molecule has 0 bridgehead atoms. The van der Waals surface area contributed by atoms with Gasteiger partial charge in [-0.05, 0) is 49.0 Å². The van der Waals surface area contributed by atoms with Gasteiger partial charge >= 0.3 is 0 Å². The number of amidine groups is 1. The van der Waals surface area contributed by atoms with Crippen LogP contribution >= 0.6 is 0 Å². The molecule has 0 aliphatic heterocycles. The molecule has 0 spiro atoms. The summed E-state index contributed by atoms with van der Waals surface area (Å²) in [6.07, 6.45) is 9.39. The normalized spacial score (nSPS) is 15.5. The van der Waals surface area contributed by atoms with E-state index < -0.39 is 0 Å². The fourth-order valence-corrected chi connectivity index (χ4v) is 4.42. The Labute approximate surface area is 175 Å². The average molecular weight is 387 g/mol. The molecular weight excluding hydrogens is 340 g/mol. The van der Waals surface area contributed by atoms with Gasteiger partial charge in [0.25, 0.3) is 0 Å². The highest BCUT2D eigenvalue weighted by molar-refractivity contribution is 5.86. The molecule has 2 heteroatoms. The zero-order chi connectivity index (χ0) is 21.2. The van der Waals surface area contributed by atoms with Crippen molar-refractivity contribution in [3.05, 3.63) is 35.9 Å². The average Bonchev–Trinajstić information content (AvgIpc) is 2.60. The summed E-state index contributed by atoms with van der Waals surface area (Å²) in [4.78, 5) is 5.08. The molecule has 2 nitrogen and oxygen atoms in total. The fourth-order valence-electron chi connectivity index (χ4n) is 4.42. The topological polar surface area (TPSA) is 38.4 Å². The highest BCUT2D eigenvalue weighted by atomic mass is 14.9. The Kier molecular flexibility index (Phi) is 10.3. The minimum Gasteiger partial charge on any atom is -0.387 e. The number of rotatable bonds is 13. The van der Waals surface area contributed by atoms with Gasteiger partial charge in [-0.2, -0.15) is 0 Å². The Morgan fingerprint density at radius 2 is 1.61 bits per heavy atom. The van der Waals surface area contributed by atoms with Crippen molar-refractivity contribution in [3.8, 4) is 0 Å². The van der Waals surface area contributed by atoms with Crippen LogP contribution in [0.3, 0.4) is 0 Å². The van der Waals surface area contributed by atoms with E-state index in [0.29, 0.717) is 5.41 Å². The monoisotopic (exact) mass is 386 g/mol. The molecule has 160 valence electrons. The molecule has 2 N–H and O–H groups in total. The summed E-state index contributed by atoms with van der Waals surface area (Å²) in [5, 5.41) is 0. The molecule has 1 rings (SSSR count). The lowest BCUT2D eigenvalue weighted by atomic mass is 9.77. The van der Waals surface area contributed by atoms with E-state index in [9.17, 15) is 0 Å². The Morgan fingerprint density at radius 3 is 2.18 bits per heavy atom. The maximum atomic E-state index is 6.50. The first-order chi connectivity index (χ1) is 13.1. The van der Waals surface area contributed by atoms with Gasteiger partial charge in [0.2, 0.25) is 0 Å². The predicted octanol–water partition coefficient (Wildman–Crippen LogP) is 7.41. The largest absolute Gasteiger partial charge is 0.387 e. The maximum Gasteiger partial charge on any atom is 0.0997 e. The molecule has 0 radical (unpaired) electrons. The van der Waals surface area contributed by atoms with Crippen LogP contribution in [-0.4, -0.2) is 11.9 Å². The van der Waals surface area contributed by atoms with Gasteiger partial charge in [0.1, 0.15) is 0 Å². The highest BCUT2D eigenvalue weighted by Gasteiger charge is 2.25. The summed E-state index contributed by atoms with van der Waals surface area (Å²) in [7, 11) is 0. The minimum absolute atomic E-state index is 0.0190. The van der Waals surface area contributed by atoms with Gasteiger partial charge in [0.15, 0.2) is 0 Å². The molecule has 0 saturated carbocycles. The van der Waals surface area contributed by atoms with Crippen LogP contribution in [-0.2, 0) is 6.42 Å². The van der Waals surface area contributed by atoms with Crippen molar-refractivity contribution in [2.75, 3.05) is 0 Å². The van der Waals surface area contributed by atoms with E-state index in [-0.39, 0.29) is 11.5 Å². The number of hydrogen-bond acceptors (Lipinski definition) is 1. The van der Waals surface area contributed by atoms with Gasteiger partial charge in [-0.1, -0.05) is 98.1 Å². The molecular formula is C26H46N2. The molecule has 0 aromatic heterocycles. The van der Waals surface area contributed by atoms with Gasteiger partial charge < -0.3 is 5.73 Å². The molecule has 0 fully saturated rings. The third kappa shape index (κ3) is 9.26. The SMILES string of the molecule is CCCC(C)CC(C)(C)CCC(Cc1ccccc1)N=C(N)C(C)(C)CCC. The first-order valence-electron chi connectivity index (χ1n) is 11.5. The van der Waals surface area contributed by atoms with E-state index >= 15 is 0 Å². The standard InChI is InChI=1S/C26H46N2/c1-8-13-21(3)20-25(4,5)18-16-23(19-22-14-11-10-12-15-22)28-24(27)26(6,7)17-9-2/h10-12,14-15,21,23H,8-9,13,16-20H2,1-7H3,(H2,27,28). The highest BCUT2D eigenvalue weighted by Crippen LogP contribution is 2.34. The van der Waals surface area contributed by atoms with E-state index in [1.165, 1.54) is 31.2 Å². The molecule has 1 aromatic carbocycles. The molecule has 2 unspecified atom stereocenters. The second-order valence-corrected chi connectivity index (χ2v) is 10.3. The van der Waals surface area contributed by atoms with Crippen LogP contribution in [0, 0.1) is 16.7 Å². The number of benzene rings is 1. The van der Waals surface area contributed by atoms with Crippen LogP contribution in [0.4, 0.5) is 0 Å². The Bertz CT molecular complexity index is 571. The van der Waals surface area contributed by atoms with Gasteiger partial charge in [-0.15, -0.1) is 0 Å². The molecule has 0 aliphatic carbocycles. The second-order valence-electron chi connectivity index (χ2n) is 10.3. The quantitative estimate of drug-likeness (QED) is 0.278. The van der Waals surface area contributed by atoms with E-state index in [1.54, 1.807) is 0 Å². The first-order valence-corrected chi connectivity index (χ1v) is 11.5. The van der Waals surface area contributed by atoms with Crippen LogP contribution in [0.5, 0.6) is 0 Å². The van der Waals surface area contributed by atoms with Gasteiger partial charge in [-0.25, -0.2) is 0 Å². The molecule has 0 amide bonds. The predicted molar refractivity (Wildman–Crippen MR) is 126 cm³/mol. The summed E-state index contributed by atoms with van der Waals surface area (Å²) in [5.41, 5.74) is 8.19. The van der Waals surface area contributed by atoms with Crippen molar-refractivity contribution in [1.29, 1.82) is 0 Å². The van der Waals surface area contributed by atoms with Crippen LogP contribution in [0.1, 0.15) is 99.0 Å².